The van der Waals surface area contributed by atoms with Crippen molar-refractivity contribution in [3.63, 3.8) is 0 Å². The van der Waals surface area contributed by atoms with E-state index in [2.05, 4.69) is 10.6 Å². The number of carbonyl (C=O) groups is 1. The molecular weight excluding hydrogens is 253 g/mol. The van der Waals surface area contributed by atoms with Crippen LogP contribution in [0.2, 0.25) is 0 Å². The molecular formula is C12H16FN3OS. The molecule has 0 aliphatic carbocycles. The van der Waals surface area contributed by atoms with Gasteiger partial charge < -0.3 is 16.4 Å². The Balaban J connectivity index is 2.76. The molecule has 18 heavy (non-hydrogen) atoms. The van der Waals surface area contributed by atoms with Crippen molar-refractivity contribution in [3.05, 3.63) is 29.6 Å². The minimum atomic E-state index is -0.503. The Morgan fingerprint density at radius 2 is 2.17 bits per heavy atom. The largest absolute Gasteiger partial charge is 0.389 e. The zero-order valence-electron chi connectivity index (χ0n) is 10.3. The van der Waals surface area contributed by atoms with Crippen LogP contribution in [0.5, 0.6) is 0 Å². The maximum atomic E-state index is 13.5. The van der Waals surface area contributed by atoms with E-state index < -0.39 is 5.82 Å². The first kappa shape index (κ1) is 14.4. The summed E-state index contributed by atoms with van der Waals surface area (Å²) in [6, 6.07) is 4.48. The molecule has 0 radical (unpaired) electrons. The topological polar surface area (TPSA) is 67.2 Å². The lowest BCUT2D eigenvalue weighted by atomic mass is 10.1. The number of anilines is 1. The summed E-state index contributed by atoms with van der Waals surface area (Å²) in [5, 5.41) is 5.54. The van der Waals surface area contributed by atoms with Crippen LogP contribution >= 0.6 is 12.2 Å². The molecule has 1 rings (SSSR count). The Bertz CT molecular complexity index is 463. The van der Waals surface area contributed by atoms with E-state index in [0.29, 0.717) is 5.69 Å². The predicted octanol–water partition coefficient (Wildman–Crippen LogP) is 1.40. The number of nitrogens with one attached hydrogen (secondary N) is 2. The maximum absolute atomic E-state index is 13.5. The van der Waals surface area contributed by atoms with Crippen molar-refractivity contribution in [1.82, 2.24) is 5.32 Å². The van der Waals surface area contributed by atoms with Gasteiger partial charge in [0.2, 0.25) is 5.91 Å². The summed E-state index contributed by atoms with van der Waals surface area (Å²) in [4.78, 5) is 11.4. The van der Waals surface area contributed by atoms with Crippen LogP contribution in [0, 0.1) is 5.82 Å². The summed E-state index contributed by atoms with van der Waals surface area (Å²) in [6.07, 6.45) is 0. The maximum Gasteiger partial charge on any atom is 0.239 e. The molecule has 0 aliphatic heterocycles. The van der Waals surface area contributed by atoms with Crippen LogP contribution in [0.3, 0.4) is 0 Å². The van der Waals surface area contributed by atoms with Gasteiger partial charge in [-0.2, -0.15) is 0 Å². The minimum absolute atomic E-state index is 0.0389. The van der Waals surface area contributed by atoms with Gasteiger partial charge in [0.25, 0.3) is 0 Å². The van der Waals surface area contributed by atoms with Crippen molar-refractivity contribution in [2.24, 2.45) is 5.73 Å². The quantitative estimate of drug-likeness (QED) is 0.707. The molecule has 0 aliphatic rings. The van der Waals surface area contributed by atoms with Crippen molar-refractivity contribution < 1.29 is 9.18 Å². The van der Waals surface area contributed by atoms with Crippen LogP contribution in [-0.4, -0.2) is 23.5 Å². The first-order chi connectivity index (χ1) is 8.41. The van der Waals surface area contributed by atoms with Crippen LogP contribution in [0.25, 0.3) is 0 Å². The van der Waals surface area contributed by atoms with Gasteiger partial charge in [-0.15, -0.1) is 0 Å². The van der Waals surface area contributed by atoms with Crippen molar-refractivity contribution in [2.45, 2.75) is 19.9 Å². The second kappa shape index (κ2) is 6.30. The van der Waals surface area contributed by atoms with E-state index in [1.165, 1.54) is 12.1 Å². The number of thiocarbonyl (C=S) groups is 1. The summed E-state index contributed by atoms with van der Waals surface area (Å²) in [5.41, 5.74) is 6.00. The van der Waals surface area contributed by atoms with Gasteiger partial charge in [0.15, 0.2) is 0 Å². The molecule has 0 unspecified atom stereocenters. The Morgan fingerprint density at radius 3 is 2.72 bits per heavy atom. The van der Waals surface area contributed by atoms with Crippen LogP contribution in [-0.2, 0) is 4.79 Å². The van der Waals surface area contributed by atoms with Crippen LogP contribution in [0.4, 0.5) is 10.1 Å². The van der Waals surface area contributed by atoms with Gasteiger partial charge in [0.1, 0.15) is 10.8 Å². The number of rotatable bonds is 5. The van der Waals surface area contributed by atoms with Gasteiger partial charge in [-0.1, -0.05) is 18.3 Å². The first-order valence-electron chi connectivity index (χ1n) is 5.53. The third kappa shape index (κ3) is 3.96. The summed E-state index contributed by atoms with van der Waals surface area (Å²) >= 11 is 4.78. The number of carbonyl (C=O) groups excluding carboxylic acids is 1. The van der Waals surface area contributed by atoms with E-state index in [1.54, 1.807) is 6.07 Å². The molecule has 6 heteroatoms. The molecule has 0 spiro atoms. The third-order valence-corrected chi connectivity index (χ3v) is 2.35. The summed E-state index contributed by atoms with van der Waals surface area (Å²) in [6.45, 7) is 3.76. The average molecular weight is 269 g/mol. The minimum Gasteiger partial charge on any atom is -0.389 e. The van der Waals surface area contributed by atoms with Gasteiger partial charge in [0, 0.05) is 11.7 Å². The number of nitrogens with two attached hydrogens (primary N) is 1. The highest BCUT2D eigenvalue weighted by Gasteiger charge is 2.11. The molecule has 1 amide bonds. The highest BCUT2D eigenvalue weighted by molar-refractivity contribution is 7.80. The second-order valence-corrected chi connectivity index (χ2v) is 4.54. The molecule has 0 atom stereocenters. The molecule has 0 aromatic heterocycles. The zero-order valence-corrected chi connectivity index (χ0v) is 11.1. The van der Waals surface area contributed by atoms with Crippen molar-refractivity contribution in [1.29, 1.82) is 0 Å². The predicted molar refractivity (Wildman–Crippen MR) is 74.1 cm³/mol. The molecule has 0 saturated heterocycles. The smallest absolute Gasteiger partial charge is 0.239 e. The Labute approximate surface area is 111 Å². The molecule has 0 saturated carbocycles. The standard InChI is InChI=1S/C12H16FN3OS/c1-7(2)16-10(17)6-15-9-5-3-4-8(13)11(9)12(14)18/h3-5,7,15H,6H2,1-2H3,(H2,14,18)(H,16,17). The summed E-state index contributed by atoms with van der Waals surface area (Å²) in [5.74, 6) is -0.681. The lowest BCUT2D eigenvalue weighted by Gasteiger charge is -2.13. The van der Waals surface area contributed by atoms with Crippen molar-refractivity contribution in [3.8, 4) is 0 Å². The molecule has 0 bridgehead atoms. The SMILES string of the molecule is CC(C)NC(=O)CNc1cccc(F)c1C(N)=S. The van der Waals surface area contributed by atoms with Gasteiger partial charge in [0.05, 0.1) is 12.1 Å². The van der Waals surface area contributed by atoms with Gasteiger partial charge >= 0.3 is 0 Å². The van der Waals surface area contributed by atoms with Crippen molar-refractivity contribution >= 4 is 28.8 Å². The van der Waals surface area contributed by atoms with E-state index in [9.17, 15) is 9.18 Å². The highest BCUT2D eigenvalue weighted by atomic mass is 32.1. The fraction of sp³-hybridized carbons (Fsp3) is 0.333. The van der Waals surface area contributed by atoms with Gasteiger partial charge in [-0.25, -0.2) is 4.39 Å². The normalized spacial score (nSPS) is 10.2. The molecule has 0 fully saturated rings. The third-order valence-electron chi connectivity index (χ3n) is 2.15. The Morgan fingerprint density at radius 1 is 1.50 bits per heavy atom. The average Bonchev–Trinajstić information content (AvgIpc) is 2.24. The number of hydrogen-bond acceptors (Lipinski definition) is 3. The first-order valence-corrected chi connectivity index (χ1v) is 5.94. The van der Waals surface area contributed by atoms with Gasteiger partial charge in [-0.3, -0.25) is 4.79 Å². The fourth-order valence-corrected chi connectivity index (χ4v) is 1.68. The summed E-state index contributed by atoms with van der Waals surface area (Å²) in [7, 11) is 0. The Kier molecular flexibility index (Phi) is 5.03. The van der Waals surface area contributed by atoms with Crippen LogP contribution in [0.1, 0.15) is 19.4 Å². The van der Waals surface area contributed by atoms with Crippen LogP contribution in [0.15, 0.2) is 18.2 Å². The number of hydrogen-bond donors (Lipinski definition) is 3. The van der Waals surface area contributed by atoms with E-state index in [4.69, 9.17) is 18.0 Å². The molecule has 98 valence electrons. The number of halogens is 1. The lowest BCUT2D eigenvalue weighted by Crippen LogP contribution is -2.35. The zero-order chi connectivity index (χ0) is 13.7. The van der Waals surface area contributed by atoms with Crippen LogP contribution < -0.4 is 16.4 Å². The molecule has 0 heterocycles. The lowest BCUT2D eigenvalue weighted by molar-refractivity contribution is -0.119. The monoisotopic (exact) mass is 269 g/mol. The van der Waals surface area contributed by atoms with E-state index in [1.807, 2.05) is 13.8 Å². The van der Waals surface area contributed by atoms with E-state index in [-0.39, 0.29) is 29.0 Å². The number of amides is 1. The second-order valence-electron chi connectivity index (χ2n) is 4.10. The van der Waals surface area contributed by atoms with Crippen molar-refractivity contribution in [2.75, 3.05) is 11.9 Å². The molecule has 1 aromatic rings. The molecule has 4 N–H and O–H groups in total. The highest BCUT2D eigenvalue weighted by Crippen LogP contribution is 2.18. The number of benzene rings is 1. The summed E-state index contributed by atoms with van der Waals surface area (Å²) < 4.78 is 13.5. The van der Waals surface area contributed by atoms with E-state index >= 15 is 0 Å². The fourth-order valence-electron chi connectivity index (χ4n) is 1.47. The molecule has 4 nitrogen and oxygen atoms in total. The van der Waals surface area contributed by atoms with E-state index in [0.717, 1.165) is 0 Å². The molecule has 1 aromatic carbocycles. The van der Waals surface area contributed by atoms with Gasteiger partial charge in [-0.05, 0) is 26.0 Å². The Hall–Kier alpha value is -1.69.